The van der Waals surface area contributed by atoms with Crippen LogP contribution in [-0.4, -0.2) is 19.1 Å². The maximum atomic E-state index is 13.3. The number of carbonyl (C=O) groups excluding carboxylic acids is 1. The van der Waals surface area contributed by atoms with Gasteiger partial charge in [0.25, 0.3) is 5.91 Å². The molecule has 1 heterocycles. The van der Waals surface area contributed by atoms with Gasteiger partial charge in [0.2, 0.25) is 0 Å². The van der Waals surface area contributed by atoms with Crippen LogP contribution in [0.3, 0.4) is 0 Å². The molecule has 0 saturated carbocycles. The lowest BCUT2D eigenvalue weighted by Gasteiger charge is -2.22. The summed E-state index contributed by atoms with van der Waals surface area (Å²) in [5.41, 5.74) is 2.27. The van der Waals surface area contributed by atoms with Crippen LogP contribution in [0.15, 0.2) is 36.4 Å². The molecule has 2 aromatic carbocycles. The van der Waals surface area contributed by atoms with Gasteiger partial charge in [-0.2, -0.15) is 0 Å². The summed E-state index contributed by atoms with van der Waals surface area (Å²) in [7, 11) is 0. The first-order valence-corrected chi connectivity index (χ1v) is 7.54. The predicted molar refractivity (Wildman–Crippen MR) is 85.4 cm³/mol. The molecule has 0 saturated heterocycles. The molecule has 5 heteroatoms. The number of aryl methyl sites for hydroxylation is 1. The van der Waals surface area contributed by atoms with Crippen molar-refractivity contribution in [3.8, 4) is 11.5 Å². The van der Waals surface area contributed by atoms with Crippen LogP contribution in [0.4, 0.5) is 10.1 Å². The van der Waals surface area contributed by atoms with Gasteiger partial charge < -0.3 is 14.4 Å². The lowest BCUT2D eigenvalue weighted by molar-refractivity contribution is -0.120. The van der Waals surface area contributed by atoms with Crippen molar-refractivity contribution in [2.45, 2.75) is 20.4 Å². The number of para-hydroxylation sites is 1. The number of rotatable bonds is 3. The van der Waals surface area contributed by atoms with Crippen molar-refractivity contribution in [1.29, 1.82) is 0 Å². The molecule has 0 N–H and O–H groups in total. The van der Waals surface area contributed by atoms with E-state index in [2.05, 4.69) is 0 Å². The molecule has 0 atom stereocenters. The van der Waals surface area contributed by atoms with Gasteiger partial charge in [0.15, 0.2) is 18.1 Å². The van der Waals surface area contributed by atoms with Crippen molar-refractivity contribution in [3.05, 3.63) is 53.3 Å². The zero-order chi connectivity index (χ0) is 16.4. The highest BCUT2D eigenvalue weighted by molar-refractivity contribution is 5.95. The van der Waals surface area contributed by atoms with Crippen molar-refractivity contribution in [3.63, 3.8) is 0 Å². The Kier molecular flexibility index (Phi) is 4.19. The Morgan fingerprint density at radius 1 is 1.30 bits per heavy atom. The van der Waals surface area contributed by atoms with Gasteiger partial charge in [0.05, 0.1) is 13.2 Å². The molecule has 0 aromatic heterocycles. The van der Waals surface area contributed by atoms with Crippen LogP contribution in [0.5, 0.6) is 11.5 Å². The minimum absolute atomic E-state index is 0.0755. The third kappa shape index (κ3) is 2.99. The predicted octanol–water partition coefficient (Wildman–Crippen LogP) is 3.46. The molecule has 1 aliphatic rings. The van der Waals surface area contributed by atoms with Crippen LogP contribution in [0.25, 0.3) is 0 Å². The largest absolute Gasteiger partial charge is 0.490 e. The normalized spacial score (nSPS) is 14.0. The van der Waals surface area contributed by atoms with E-state index in [0.29, 0.717) is 35.9 Å². The Labute approximate surface area is 134 Å². The molecule has 0 fully saturated rings. The summed E-state index contributed by atoms with van der Waals surface area (Å²) in [6.45, 7) is 4.49. The van der Waals surface area contributed by atoms with Crippen molar-refractivity contribution < 1.29 is 18.7 Å². The summed E-state index contributed by atoms with van der Waals surface area (Å²) in [5, 5.41) is 0. The maximum Gasteiger partial charge on any atom is 0.265 e. The average Bonchev–Trinajstić information content (AvgIpc) is 2.68. The Hall–Kier alpha value is -2.56. The maximum absolute atomic E-state index is 13.3. The van der Waals surface area contributed by atoms with E-state index in [1.54, 1.807) is 17.9 Å². The molecule has 4 nitrogen and oxygen atoms in total. The summed E-state index contributed by atoms with van der Waals surface area (Å²) in [6.07, 6.45) is 0. The summed E-state index contributed by atoms with van der Waals surface area (Å²) in [6, 6.07) is 10.0. The molecule has 3 rings (SSSR count). The number of ether oxygens (including phenoxy) is 2. The number of hydrogen-bond acceptors (Lipinski definition) is 3. The average molecular weight is 315 g/mol. The van der Waals surface area contributed by atoms with Gasteiger partial charge in [0.1, 0.15) is 5.82 Å². The highest BCUT2D eigenvalue weighted by Gasteiger charge is 2.26. The highest BCUT2D eigenvalue weighted by atomic mass is 19.1. The van der Waals surface area contributed by atoms with Crippen LogP contribution in [0.2, 0.25) is 0 Å². The molecule has 0 spiro atoms. The number of halogens is 1. The van der Waals surface area contributed by atoms with Crippen LogP contribution in [0, 0.1) is 12.7 Å². The quantitative estimate of drug-likeness (QED) is 0.871. The fraction of sp³-hybridized carbons (Fsp3) is 0.278. The molecule has 1 aliphatic heterocycles. The number of benzene rings is 2. The second kappa shape index (κ2) is 6.28. The monoisotopic (exact) mass is 315 g/mol. The van der Waals surface area contributed by atoms with Crippen molar-refractivity contribution in [2.75, 3.05) is 18.1 Å². The fourth-order valence-electron chi connectivity index (χ4n) is 2.73. The molecule has 120 valence electrons. The SMILES string of the molecule is CCOc1cccc2c1OCC(=O)N(c1ccc(F)cc1C)C2. The number of carbonyl (C=O) groups is 1. The van der Waals surface area contributed by atoms with Crippen molar-refractivity contribution in [1.82, 2.24) is 0 Å². The van der Waals surface area contributed by atoms with Crippen LogP contribution in [-0.2, 0) is 11.3 Å². The molecule has 0 bridgehead atoms. The van der Waals surface area contributed by atoms with Gasteiger partial charge in [-0.1, -0.05) is 12.1 Å². The fourth-order valence-corrected chi connectivity index (χ4v) is 2.73. The Morgan fingerprint density at radius 2 is 2.13 bits per heavy atom. The lowest BCUT2D eigenvalue weighted by atomic mass is 10.1. The zero-order valence-electron chi connectivity index (χ0n) is 13.1. The van der Waals surface area contributed by atoms with Crippen molar-refractivity contribution >= 4 is 11.6 Å². The smallest absolute Gasteiger partial charge is 0.265 e. The Bertz CT molecular complexity index is 745. The van der Waals surface area contributed by atoms with E-state index in [4.69, 9.17) is 9.47 Å². The van der Waals surface area contributed by atoms with Gasteiger partial charge in [-0.15, -0.1) is 0 Å². The Balaban J connectivity index is 2.00. The van der Waals surface area contributed by atoms with Gasteiger partial charge in [-0.3, -0.25) is 4.79 Å². The van der Waals surface area contributed by atoms with Crippen molar-refractivity contribution in [2.24, 2.45) is 0 Å². The highest BCUT2D eigenvalue weighted by Crippen LogP contribution is 2.35. The van der Waals surface area contributed by atoms with E-state index in [1.165, 1.54) is 12.1 Å². The van der Waals surface area contributed by atoms with Crippen LogP contribution in [0.1, 0.15) is 18.1 Å². The first kappa shape index (κ1) is 15.3. The van der Waals surface area contributed by atoms with Gasteiger partial charge in [-0.25, -0.2) is 4.39 Å². The van der Waals surface area contributed by atoms with Gasteiger partial charge >= 0.3 is 0 Å². The second-order valence-corrected chi connectivity index (χ2v) is 5.38. The van der Waals surface area contributed by atoms with E-state index in [9.17, 15) is 9.18 Å². The second-order valence-electron chi connectivity index (χ2n) is 5.38. The topological polar surface area (TPSA) is 38.8 Å². The first-order valence-electron chi connectivity index (χ1n) is 7.54. The van der Waals surface area contributed by atoms with E-state index in [1.807, 2.05) is 25.1 Å². The first-order chi connectivity index (χ1) is 11.1. The number of fused-ring (bicyclic) bond motifs is 1. The molecule has 23 heavy (non-hydrogen) atoms. The molecule has 0 unspecified atom stereocenters. The number of amides is 1. The third-order valence-corrected chi connectivity index (χ3v) is 3.78. The number of nitrogens with zero attached hydrogens (tertiary/aromatic N) is 1. The number of anilines is 1. The van der Waals surface area contributed by atoms with Gasteiger partial charge in [0, 0.05) is 11.3 Å². The van der Waals surface area contributed by atoms with E-state index >= 15 is 0 Å². The van der Waals surface area contributed by atoms with E-state index in [0.717, 1.165) is 5.56 Å². The van der Waals surface area contributed by atoms with Crippen LogP contribution >= 0.6 is 0 Å². The summed E-state index contributed by atoms with van der Waals surface area (Å²) >= 11 is 0. The minimum Gasteiger partial charge on any atom is -0.490 e. The Morgan fingerprint density at radius 3 is 2.87 bits per heavy atom. The molecule has 0 aliphatic carbocycles. The molecule has 1 amide bonds. The van der Waals surface area contributed by atoms with Gasteiger partial charge in [-0.05, 0) is 43.7 Å². The molecule has 0 radical (unpaired) electrons. The van der Waals surface area contributed by atoms with E-state index in [-0.39, 0.29) is 18.3 Å². The number of hydrogen-bond donors (Lipinski definition) is 0. The zero-order valence-corrected chi connectivity index (χ0v) is 13.1. The summed E-state index contributed by atoms with van der Waals surface area (Å²) in [4.78, 5) is 14.1. The lowest BCUT2D eigenvalue weighted by Crippen LogP contribution is -2.32. The molecule has 2 aromatic rings. The van der Waals surface area contributed by atoms with E-state index < -0.39 is 0 Å². The molecular weight excluding hydrogens is 297 g/mol. The summed E-state index contributed by atoms with van der Waals surface area (Å²) < 4.78 is 24.6. The molecular formula is C18H18FNO3. The standard InChI is InChI=1S/C18H18FNO3/c1-3-22-16-6-4-5-13-10-20(17(21)11-23-18(13)16)15-8-7-14(19)9-12(15)2/h4-9H,3,10-11H2,1-2H3. The minimum atomic E-state index is -0.316. The third-order valence-electron chi connectivity index (χ3n) is 3.78. The summed E-state index contributed by atoms with van der Waals surface area (Å²) in [5.74, 6) is 0.752. The van der Waals surface area contributed by atoms with Crippen LogP contribution < -0.4 is 14.4 Å².